The topological polar surface area (TPSA) is 42.2 Å². The molecule has 30 heavy (non-hydrogen) atoms. The van der Waals surface area contributed by atoms with Crippen molar-refractivity contribution in [3.05, 3.63) is 90.8 Å². The van der Waals surface area contributed by atoms with Crippen LogP contribution in [0, 0.1) is 11.3 Å². The van der Waals surface area contributed by atoms with Gasteiger partial charge in [0.15, 0.2) is 11.5 Å². The zero-order valence-corrected chi connectivity index (χ0v) is 20.9. The van der Waals surface area contributed by atoms with Crippen molar-refractivity contribution in [2.24, 2.45) is 0 Å². The fourth-order valence-corrected chi connectivity index (χ4v) is 3.88. The minimum Gasteiger partial charge on any atom is -0.490 e. The molecule has 0 bridgehead atoms. The van der Waals surface area contributed by atoms with Crippen molar-refractivity contribution in [2.75, 3.05) is 6.61 Å². The summed E-state index contributed by atoms with van der Waals surface area (Å²) >= 11 is 10.5. The lowest BCUT2D eigenvalue weighted by Gasteiger charge is -2.14. The third kappa shape index (κ3) is 5.98. The average molecular weight is 592 g/mol. The van der Waals surface area contributed by atoms with E-state index in [1.165, 1.54) is 0 Å². The van der Waals surface area contributed by atoms with Crippen molar-refractivity contribution in [3.8, 4) is 17.6 Å². The molecule has 0 aliphatic carbocycles. The van der Waals surface area contributed by atoms with Gasteiger partial charge >= 0.3 is 0 Å². The SMILES string of the molecule is CCOc1cc(/C=C(\C#N)c2cccc(Br)c2)c(Br)cc1OCc1ccc(Br)cc1. The van der Waals surface area contributed by atoms with Crippen LogP contribution in [0.5, 0.6) is 11.5 Å². The van der Waals surface area contributed by atoms with Gasteiger partial charge in [0.25, 0.3) is 0 Å². The van der Waals surface area contributed by atoms with Gasteiger partial charge in [-0.2, -0.15) is 5.26 Å². The van der Waals surface area contributed by atoms with Gasteiger partial charge in [0.05, 0.1) is 18.2 Å². The molecule has 0 saturated heterocycles. The van der Waals surface area contributed by atoms with Gasteiger partial charge in [-0.1, -0.05) is 72.1 Å². The van der Waals surface area contributed by atoms with Gasteiger partial charge in [-0.15, -0.1) is 0 Å². The van der Waals surface area contributed by atoms with Gasteiger partial charge in [-0.3, -0.25) is 0 Å². The summed E-state index contributed by atoms with van der Waals surface area (Å²) in [6.45, 7) is 2.87. The molecule has 6 heteroatoms. The summed E-state index contributed by atoms with van der Waals surface area (Å²) < 4.78 is 14.6. The molecule has 0 N–H and O–H groups in total. The maximum atomic E-state index is 9.67. The normalized spacial score (nSPS) is 11.1. The van der Waals surface area contributed by atoms with Crippen molar-refractivity contribution in [3.63, 3.8) is 0 Å². The second-order valence-electron chi connectivity index (χ2n) is 6.35. The zero-order chi connectivity index (χ0) is 21.5. The molecule has 0 fully saturated rings. The lowest BCUT2D eigenvalue weighted by molar-refractivity contribution is 0.269. The average Bonchev–Trinajstić information content (AvgIpc) is 2.74. The summed E-state index contributed by atoms with van der Waals surface area (Å²) in [6, 6.07) is 21.7. The molecule has 0 spiro atoms. The molecule has 0 heterocycles. The van der Waals surface area contributed by atoms with E-state index < -0.39 is 0 Å². The van der Waals surface area contributed by atoms with Crippen molar-refractivity contribution >= 4 is 59.4 Å². The first-order chi connectivity index (χ1) is 14.5. The summed E-state index contributed by atoms with van der Waals surface area (Å²) in [5.41, 5.74) is 3.29. The Morgan fingerprint density at radius 3 is 2.33 bits per heavy atom. The number of hydrogen-bond acceptors (Lipinski definition) is 3. The predicted molar refractivity (Wildman–Crippen MR) is 131 cm³/mol. The van der Waals surface area contributed by atoms with Crippen molar-refractivity contribution in [1.82, 2.24) is 0 Å². The van der Waals surface area contributed by atoms with Crippen LogP contribution in [0.1, 0.15) is 23.6 Å². The van der Waals surface area contributed by atoms with E-state index in [4.69, 9.17) is 9.47 Å². The third-order valence-electron chi connectivity index (χ3n) is 4.23. The summed E-state index contributed by atoms with van der Waals surface area (Å²) in [7, 11) is 0. The molecule has 0 unspecified atom stereocenters. The van der Waals surface area contributed by atoms with Gasteiger partial charge in [0, 0.05) is 13.4 Å². The lowest BCUT2D eigenvalue weighted by Crippen LogP contribution is -2.00. The van der Waals surface area contributed by atoms with Crippen LogP contribution in [-0.4, -0.2) is 6.61 Å². The Bertz CT molecular complexity index is 1100. The molecule has 3 rings (SSSR count). The molecule has 152 valence electrons. The van der Waals surface area contributed by atoms with Crippen LogP contribution in [0.2, 0.25) is 0 Å². The number of ether oxygens (including phenoxy) is 2. The van der Waals surface area contributed by atoms with E-state index in [1.54, 1.807) is 0 Å². The molecular formula is C24H18Br3NO2. The maximum absolute atomic E-state index is 9.67. The summed E-state index contributed by atoms with van der Waals surface area (Å²) in [4.78, 5) is 0. The Morgan fingerprint density at radius 2 is 1.67 bits per heavy atom. The Balaban J connectivity index is 1.92. The fraction of sp³-hybridized carbons (Fsp3) is 0.125. The molecular weight excluding hydrogens is 574 g/mol. The van der Waals surface area contributed by atoms with Crippen molar-refractivity contribution in [2.45, 2.75) is 13.5 Å². The molecule has 0 atom stereocenters. The number of hydrogen-bond donors (Lipinski definition) is 0. The van der Waals surface area contributed by atoms with E-state index in [0.717, 1.165) is 30.1 Å². The first-order valence-corrected chi connectivity index (χ1v) is 11.6. The molecule has 0 saturated carbocycles. The minimum atomic E-state index is 0.427. The van der Waals surface area contributed by atoms with Crippen LogP contribution >= 0.6 is 47.8 Å². The summed E-state index contributed by atoms with van der Waals surface area (Å²) in [5.74, 6) is 1.28. The fourth-order valence-electron chi connectivity index (χ4n) is 2.78. The minimum absolute atomic E-state index is 0.427. The smallest absolute Gasteiger partial charge is 0.162 e. The Kier molecular flexibility index (Phi) is 8.15. The highest BCUT2D eigenvalue weighted by Crippen LogP contribution is 2.36. The van der Waals surface area contributed by atoms with E-state index in [0.29, 0.717) is 30.3 Å². The number of allylic oxidation sites excluding steroid dienone is 1. The summed E-state index contributed by atoms with van der Waals surface area (Å²) in [5, 5.41) is 9.67. The second kappa shape index (κ2) is 10.8. The number of benzene rings is 3. The van der Waals surface area contributed by atoms with Crippen LogP contribution in [0.15, 0.2) is 74.1 Å². The first-order valence-electron chi connectivity index (χ1n) is 9.21. The molecule has 0 aliphatic heterocycles. The Labute approximate surface area is 201 Å². The highest BCUT2D eigenvalue weighted by Gasteiger charge is 2.12. The van der Waals surface area contributed by atoms with Gasteiger partial charge in [-0.05, 0) is 66.1 Å². The van der Waals surface area contributed by atoms with Crippen LogP contribution in [-0.2, 0) is 6.61 Å². The Hall–Kier alpha value is -2.07. The predicted octanol–water partition coefficient (Wildman–Crippen LogP) is 8.02. The molecule has 3 aromatic carbocycles. The summed E-state index contributed by atoms with van der Waals surface area (Å²) in [6.07, 6.45) is 1.84. The van der Waals surface area contributed by atoms with Crippen LogP contribution < -0.4 is 9.47 Å². The number of nitriles is 1. The monoisotopic (exact) mass is 589 g/mol. The molecule has 3 aromatic rings. The standard InChI is InChI=1S/C24H18Br3NO2/c1-2-29-23-12-18(10-19(14-28)17-4-3-5-21(26)11-17)22(27)13-24(23)30-15-16-6-8-20(25)9-7-16/h3-13H,2,15H2,1H3/b19-10+. The second-order valence-corrected chi connectivity index (χ2v) is 9.03. The maximum Gasteiger partial charge on any atom is 0.162 e. The van der Waals surface area contributed by atoms with E-state index in [9.17, 15) is 5.26 Å². The van der Waals surface area contributed by atoms with Gasteiger partial charge in [-0.25, -0.2) is 0 Å². The zero-order valence-electron chi connectivity index (χ0n) is 16.2. The van der Waals surface area contributed by atoms with E-state index >= 15 is 0 Å². The third-order valence-corrected chi connectivity index (χ3v) is 5.94. The number of halogens is 3. The van der Waals surface area contributed by atoms with Gasteiger partial charge in [0.1, 0.15) is 6.61 Å². The number of rotatable bonds is 7. The lowest BCUT2D eigenvalue weighted by atomic mass is 10.0. The van der Waals surface area contributed by atoms with Crippen LogP contribution in [0.4, 0.5) is 0 Å². The molecule has 0 radical (unpaired) electrons. The van der Waals surface area contributed by atoms with Crippen molar-refractivity contribution < 1.29 is 9.47 Å². The largest absolute Gasteiger partial charge is 0.490 e. The van der Waals surface area contributed by atoms with E-state index in [2.05, 4.69) is 53.9 Å². The van der Waals surface area contributed by atoms with Crippen LogP contribution in [0.25, 0.3) is 11.6 Å². The highest BCUT2D eigenvalue weighted by atomic mass is 79.9. The van der Waals surface area contributed by atoms with Crippen LogP contribution in [0.3, 0.4) is 0 Å². The molecule has 0 amide bonds. The molecule has 0 aromatic heterocycles. The quantitative estimate of drug-likeness (QED) is 0.206. The molecule has 0 aliphatic rings. The van der Waals surface area contributed by atoms with Gasteiger partial charge in [0.2, 0.25) is 0 Å². The highest BCUT2D eigenvalue weighted by molar-refractivity contribution is 9.11. The van der Waals surface area contributed by atoms with Crippen molar-refractivity contribution in [1.29, 1.82) is 5.26 Å². The number of nitrogens with zero attached hydrogens (tertiary/aromatic N) is 1. The van der Waals surface area contributed by atoms with E-state index in [1.807, 2.05) is 73.7 Å². The molecule has 3 nitrogen and oxygen atoms in total. The van der Waals surface area contributed by atoms with Gasteiger partial charge < -0.3 is 9.47 Å². The Morgan fingerprint density at radius 1 is 0.933 bits per heavy atom. The van der Waals surface area contributed by atoms with E-state index in [-0.39, 0.29) is 0 Å². The first kappa shape index (κ1) is 22.6.